The van der Waals surface area contributed by atoms with Crippen molar-refractivity contribution in [3.63, 3.8) is 0 Å². The molecule has 0 aromatic heterocycles. The molecular formula is C13H18N2O4S. The summed E-state index contributed by atoms with van der Waals surface area (Å²) in [5.41, 5.74) is 0.348. The van der Waals surface area contributed by atoms with E-state index in [1.165, 1.54) is 23.5 Å². The van der Waals surface area contributed by atoms with Crippen molar-refractivity contribution in [1.82, 2.24) is 4.31 Å². The number of hydrogen-bond acceptors (Lipinski definition) is 4. The molecule has 2 rings (SSSR count). The van der Waals surface area contributed by atoms with Gasteiger partial charge in [0.05, 0.1) is 17.7 Å². The smallest absolute Gasteiger partial charge is 0.243 e. The quantitative estimate of drug-likeness (QED) is 0.835. The van der Waals surface area contributed by atoms with Crippen LogP contribution in [-0.4, -0.2) is 39.3 Å². The zero-order valence-electron chi connectivity index (χ0n) is 11.3. The number of carbonyl (C=O) groups is 1. The van der Waals surface area contributed by atoms with Crippen molar-refractivity contribution in [2.24, 2.45) is 0 Å². The molecule has 0 saturated carbocycles. The fourth-order valence-corrected chi connectivity index (χ4v) is 3.82. The fourth-order valence-electron chi connectivity index (χ4n) is 2.28. The van der Waals surface area contributed by atoms with Gasteiger partial charge < -0.3 is 10.1 Å². The number of carbonyl (C=O) groups excluding carboxylic acids is 1. The molecule has 0 radical (unpaired) electrons. The van der Waals surface area contributed by atoms with Crippen LogP contribution < -0.4 is 10.1 Å². The van der Waals surface area contributed by atoms with Crippen molar-refractivity contribution in [3.05, 3.63) is 18.2 Å². The second-order valence-corrected chi connectivity index (χ2v) is 6.53. The summed E-state index contributed by atoms with van der Waals surface area (Å²) in [6.45, 7) is 1.09. The summed E-state index contributed by atoms with van der Waals surface area (Å²) in [7, 11) is -2.04. The average Bonchev–Trinajstić information content (AvgIpc) is 2.48. The number of nitrogens with zero attached hydrogens (tertiary/aromatic N) is 1. The van der Waals surface area contributed by atoms with Crippen LogP contribution in [0, 0.1) is 0 Å². The van der Waals surface area contributed by atoms with Crippen LogP contribution in [0.3, 0.4) is 0 Å². The van der Waals surface area contributed by atoms with Crippen molar-refractivity contribution < 1.29 is 17.9 Å². The first-order valence-corrected chi connectivity index (χ1v) is 7.92. The molecule has 1 aromatic rings. The molecule has 110 valence electrons. The van der Waals surface area contributed by atoms with E-state index in [0.29, 0.717) is 30.9 Å². The summed E-state index contributed by atoms with van der Waals surface area (Å²) < 4.78 is 31.6. The molecule has 1 saturated heterocycles. The molecule has 0 atom stereocenters. The van der Waals surface area contributed by atoms with E-state index in [1.54, 1.807) is 6.07 Å². The Kier molecular flexibility index (Phi) is 4.61. The van der Waals surface area contributed by atoms with Gasteiger partial charge in [-0.2, -0.15) is 4.31 Å². The van der Waals surface area contributed by atoms with E-state index in [-0.39, 0.29) is 4.90 Å². The van der Waals surface area contributed by atoms with Crippen LogP contribution in [0.2, 0.25) is 0 Å². The van der Waals surface area contributed by atoms with Crippen LogP contribution >= 0.6 is 0 Å². The Labute approximate surface area is 118 Å². The molecule has 1 heterocycles. The molecule has 0 spiro atoms. The predicted molar refractivity (Wildman–Crippen MR) is 75.3 cm³/mol. The van der Waals surface area contributed by atoms with Gasteiger partial charge >= 0.3 is 0 Å². The summed E-state index contributed by atoms with van der Waals surface area (Å²) in [5.74, 6) is 0.426. The van der Waals surface area contributed by atoms with Crippen molar-refractivity contribution in [3.8, 4) is 5.75 Å². The summed E-state index contributed by atoms with van der Waals surface area (Å²) in [6.07, 6.45) is 3.32. The van der Waals surface area contributed by atoms with Gasteiger partial charge in [0, 0.05) is 13.1 Å². The monoisotopic (exact) mass is 298 g/mol. The van der Waals surface area contributed by atoms with E-state index in [0.717, 1.165) is 19.3 Å². The molecule has 6 nitrogen and oxygen atoms in total. The molecule has 20 heavy (non-hydrogen) atoms. The van der Waals surface area contributed by atoms with Crippen molar-refractivity contribution in [2.45, 2.75) is 24.2 Å². The van der Waals surface area contributed by atoms with Gasteiger partial charge in [-0.1, -0.05) is 6.42 Å². The number of nitrogens with one attached hydrogen (secondary N) is 1. The largest absolute Gasteiger partial charge is 0.495 e. The lowest BCUT2D eigenvalue weighted by atomic mass is 10.2. The minimum atomic E-state index is -3.51. The first-order chi connectivity index (χ1) is 9.59. The number of methoxy groups -OCH3 is 1. The van der Waals surface area contributed by atoms with Crippen molar-refractivity contribution >= 4 is 22.1 Å². The molecule has 1 aliphatic rings. The van der Waals surface area contributed by atoms with Crippen LogP contribution in [0.25, 0.3) is 0 Å². The van der Waals surface area contributed by atoms with E-state index < -0.39 is 10.0 Å². The van der Waals surface area contributed by atoms with Crippen LogP contribution in [0.1, 0.15) is 19.3 Å². The summed E-state index contributed by atoms with van der Waals surface area (Å²) in [4.78, 5) is 10.7. The van der Waals surface area contributed by atoms with Gasteiger partial charge in [-0.25, -0.2) is 8.42 Å². The second-order valence-electron chi connectivity index (χ2n) is 4.59. The number of amides is 1. The number of hydrogen-bond donors (Lipinski definition) is 1. The van der Waals surface area contributed by atoms with Crippen molar-refractivity contribution in [1.29, 1.82) is 0 Å². The topological polar surface area (TPSA) is 75.7 Å². The van der Waals surface area contributed by atoms with Crippen LogP contribution in [0.15, 0.2) is 23.1 Å². The maximum atomic E-state index is 12.5. The third kappa shape index (κ3) is 2.94. The summed E-state index contributed by atoms with van der Waals surface area (Å²) in [5, 5.41) is 2.45. The normalized spacial score (nSPS) is 16.6. The van der Waals surface area contributed by atoms with Gasteiger partial charge in [0.1, 0.15) is 5.75 Å². The zero-order valence-corrected chi connectivity index (χ0v) is 12.1. The summed E-state index contributed by atoms with van der Waals surface area (Å²) >= 11 is 0. The number of anilines is 1. The van der Waals surface area contributed by atoms with Crippen molar-refractivity contribution in [2.75, 3.05) is 25.5 Å². The van der Waals surface area contributed by atoms with Gasteiger partial charge in [-0.15, -0.1) is 0 Å². The van der Waals surface area contributed by atoms with Crippen LogP contribution in [0.5, 0.6) is 5.75 Å². The van der Waals surface area contributed by atoms with E-state index in [9.17, 15) is 13.2 Å². The highest BCUT2D eigenvalue weighted by Gasteiger charge is 2.26. The lowest BCUT2D eigenvalue weighted by molar-refractivity contribution is -0.105. The SMILES string of the molecule is COc1ccc(S(=O)(=O)N2CCCCC2)cc1NC=O. The Hall–Kier alpha value is -1.60. The molecule has 0 bridgehead atoms. The van der Waals surface area contributed by atoms with E-state index in [2.05, 4.69) is 5.32 Å². The molecule has 0 aliphatic carbocycles. The Morgan fingerprint density at radius 3 is 2.55 bits per heavy atom. The van der Waals surface area contributed by atoms with E-state index >= 15 is 0 Å². The van der Waals surface area contributed by atoms with Crippen LogP contribution in [-0.2, 0) is 14.8 Å². The fraction of sp³-hybridized carbons (Fsp3) is 0.462. The number of benzene rings is 1. The first kappa shape index (κ1) is 14.8. The highest BCUT2D eigenvalue weighted by Crippen LogP contribution is 2.29. The number of piperidine rings is 1. The Balaban J connectivity index is 2.35. The number of ether oxygens (including phenoxy) is 1. The second kappa shape index (κ2) is 6.23. The Morgan fingerprint density at radius 1 is 1.25 bits per heavy atom. The molecular weight excluding hydrogens is 280 g/mol. The Bertz CT molecular complexity index is 580. The van der Waals surface area contributed by atoms with Gasteiger partial charge in [-0.3, -0.25) is 4.79 Å². The van der Waals surface area contributed by atoms with E-state index in [1.807, 2.05) is 0 Å². The van der Waals surface area contributed by atoms with Gasteiger partial charge in [0.15, 0.2) is 0 Å². The minimum Gasteiger partial charge on any atom is -0.495 e. The highest BCUT2D eigenvalue weighted by molar-refractivity contribution is 7.89. The maximum Gasteiger partial charge on any atom is 0.243 e. The van der Waals surface area contributed by atoms with Crippen LogP contribution in [0.4, 0.5) is 5.69 Å². The number of sulfonamides is 1. The molecule has 1 aliphatic heterocycles. The summed E-state index contributed by atoms with van der Waals surface area (Å²) in [6, 6.07) is 4.47. The third-order valence-corrected chi connectivity index (χ3v) is 5.23. The van der Waals surface area contributed by atoms with Gasteiger partial charge in [0.25, 0.3) is 0 Å². The molecule has 1 N–H and O–H groups in total. The third-order valence-electron chi connectivity index (χ3n) is 3.34. The number of rotatable bonds is 5. The van der Waals surface area contributed by atoms with E-state index in [4.69, 9.17) is 4.74 Å². The molecule has 7 heteroatoms. The lowest BCUT2D eigenvalue weighted by Gasteiger charge is -2.26. The average molecular weight is 298 g/mol. The molecule has 1 fully saturated rings. The Morgan fingerprint density at radius 2 is 1.95 bits per heavy atom. The highest BCUT2D eigenvalue weighted by atomic mass is 32.2. The predicted octanol–water partition coefficient (Wildman–Crippen LogP) is 1.44. The molecule has 1 aromatic carbocycles. The minimum absolute atomic E-state index is 0.171. The first-order valence-electron chi connectivity index (χ1n) is 6.48. The molecule has 1 amide bonds. The zero-order chi connectivity index (χ0) is 14.6. The standard InChI is InChI=1S/C13H18N2O4S/c1-19-13-6-5-11(9-12(13)14-10-16)20(17,18)15-7-3-2-4-8-15/h5-6,9-10H,2-4,7-8H2,1H3,(H,14,16). The lowest BCUT2D eigenvalue weighted by Crippen LogP contribution is -2.35. The molecule has 0 unspecified atom stereocenters. The van der Waals surface area contributed by atoms with Gasteiger partial charge in [0.2, 0.25) is 16.4 Å². The van der Waals surface area contributed by atoms with Gasteiger partial charge in [-0.05, 0) is 31.0 Å². The maximum absolute atomic E-state index is 12.5.